The van der Waals surface area contributed by atoms with Crippen molar-refractivity contribution in [1.82, 2.24) is 10.6 Å². The Morgan fingerprint density at radius 3 is 1.91 bits per heavy atom. The van der Waals surface area contributed by atoms with Crippen LogP contribution in [0.1, 0.15) is 0 Å². The number of allylic oxidation sites excluding steroid dienone is 2. The van der Waals surface area contributed by atoms with Gasteiger partial charge in [0.25, 0.3) is 0 Å². The molecule has 54 valence electrons. The molecule has 0 atom stereocenters. The number of halogens is 1. The maximum atomic E-state index is 11.8. The number of hydrogen-bond acceptors (Lipinski definition) is 4. The van der Waals surface area contributed by atoms with E-state index in [0.717, 1.165) is 0 Å². The molecule has 0 aromatic rings. The summed E-state index contributed by atoms with van der Waals surface area (Å²) in [5.74, 6) is 0.0121. The Kier molecular flexibility index (Phi) is 1.75. The van der Waals surface area contributed by atoms with Crippen LogP contribution in [0.5, 0.6) is 0 Å². The van der Waals surface area contributed by atoms with E-state index in [0.29, 0.717) is 0 Å². The molecular weight excluding hydrogens is 147 g/mol. The summed E-state index contributed by atoms with van der Waals surface area (Å²) in [6, 6.07) is 3.41. The van der Waals surface area contributed by atoms with Crippen molar-refractivity contribution in [3.8, 4) is 12.1 Å². The van der Waals surface area contributed by atoms with Crippen molar-refractivity contribution in [3.63, 3.8) is 0 Å². The third-order valence-corrected chi connectivity index (χ3v) is 1.10. The van der Waals surface area contributed by atoms with Crippen LogP contribution in [0.3, 0.4) is 0 Å². The van der Waals surface area contributed by atoms with E-state index in [4.69, 9.17) is 10.5 Å². The van der Waals surface area contributed by atoms with Crippen LogP contribution in [0.15, 0.2) is 23.5 Å². The number of nitriles is 2. The summed E-state index contributed by atoms with van der Waals surface area (Å²) in [7, 11) is 0. The predicted molar refractivity (Wildman–Crippen MR) is 33.7 cm³/mol. The third-order valence-electron chi connectivity index (χ3n) is 1.10. The Balaban J connectivity index is 2.93. The quantitative estimate of drug-likeness (QED) is 0.517. The first kappa shape index (κ1) is 7.10. The first-order valence-electron chi connectivity index (χ1n) is 2.70. The van der Waals surface area contributed by atoms with E-state index in [9.17, 15) is 4.39 Å². The van der Waals surface area contributed by atoms with Gasteiger partial charge >= 0.3 is 0 Å². The molecule has 0 unspecified atom stereocenters. The average Bonchev–Trinajstić information content (AvgIpc) is 2.46. The van der Waals surface area contributed by atoms with Crippen molar-refractivity contribution >= 4 is 0 Å². The van der Waals surface area contributed by atoms with Gasteiger partial charge in [-0.3, -0.25) is 0 Å². The molecule has 0 fully saturated rings. The van der Waals surface area contributed by atoms with E-state index in [1.54, 1.807) is 12.1 Å². The molecule has 0 amide bonds. The van der Waals surface area contributed by atoms with Crippen molar-refractivity contribution in [2.75, 3.05) is 0 Å². The molecular formula is C6H3FN4. The van der Waals surface area contributed by atoms with Crippen molar-refractivity contribution in [2.45, 2.75) is 0 Å². The van der Waals surface area contributed by atoms with E-state index in [-0.39, 0.29) is 23.5 Å². The van der Waals surface area contributed by atoms with Gasteiger partial charge in [-0.1, -0.05) is 0 Å². The highest BCUT2D eigenvalue weighted by atomic mass is 19.1. The van der Waals surface area contributed by atoms with Gasteiger partial charge in [0.05, 0.1) is 0 Å². The Bertz CT molecular complexity index is 286. The molecule has 4 nitrogen and oxygen atoms in total. The van der Waals surface area contributed by atoms with Gasteiger partial charge in [0.2, 0.25) is 0 Å². The molecule has 0 bridgehead atoms. The maximum absolute atomic E-state index is 11.8. The van der Waals surface area contributed by atoms with Crippen LogP contribution in [0.4, 0.5) is 4.39 Å². The standard InChI is InChI=1S/C6H3FN4/c7-1-6-10-4(2-8)5(3-9)11-6/h1,10-11H. The van der Waals surface area contributed by atoms with E-state index < -0.39 is 0 Å². The molecule has 1 aliphatic rings. The summed E-state index contributed by atoms with van der Waals surface area (Å²) in [6.07, 6.45) is 0.252. The smallest absolute Gasteiger partial charge is 0.154 e. The van der Waals surface area contributed by atoms with Crippen molar-refractivity contribution in [3.05, 3.63) is 23.5 Å². The molecule has 0 aromatic heterocycles. The second kappa shape index (κ2) is 2.72. The monoisotopic (exact) mass is 150 g/mol. The summed E-state index contributed by atoms with van der Waals surface area (Å²) < 4.78 is 11.8. The molecule has 11 heavy (non-hydrogen) atoms. The zero-order valence-corrected chi connectivity index (χ0v) is 5.35. The van der Waals surface area contributed by atoms with Crippen LogP contribution in [0.2, 0.25) is 0 Å². The molecule has 0 aromatic carbocycles. The fraction of sp³-hybridized carbons (Fsp3) is 0. The summed E-state index contributed by atoms with van der Waals surface area (Å²) in [6.45, 7) is 0. The van der Waals surface area contributed by atoms with Crippen molar-refractivity contribution < 1.29 is 4.39 Å². The summed E-state index contributed by atoms with van der Waals surface area (Å²) in [4.78, 5) is 0. The number of nitrogens with one attached hydrogen (secondary N) is 2. The van der Waals surface area contributed by atoms with Gasteiger partial charge in [-0.2, -0.15) is 10.5 Å². The Morgan fingerprint density at radius 1 is 1.18 bits per heavy atom. The highest BCUT2D eigenvalue weighted by molar-refractivity contribution is 5.42. The molecule has 1 rings (SSSR count). The van der Waals surface area contributed by atoms with Crippen LogP contribution >= 0.6 is 0 Å². The number of rotatable bonds is 0. The highest BCUT2D eigenvalue weighted by Crippen LogP contribution is 2.07. The maximum Gasteiger partial charge on any atom is 0.154 e. The Labute approximate surface area is 62.2 Å². The van der Waals surface area contributed by atoms with Crippen molar-refractivity contribution in [1.29, 1.82) is 10.5 Å². The topological polar surface area (TPSA) is 71.6 Å². The van der Waals surface area contributed by atoms with Gasteiger partial charge in [0, 0.05) is 0 Å². The first-order valence-corrected chi connectivity index (χ1v) is 2.70. The molecule has 0 spiro atoms. The minimum absolute atomic E-state index is 0.0121. The lowest BCUT2D eigenvalue weighted by molar-refractivity contribution is 0.688. The van der Waals surface area contributed by atoms with Gasteiger partial charge in [0.1, 0.15) is 24.3 Å². The highest BCUT2D eigenvalue weighted by Gasteiger charge is 2.16. The van der Waals surface area contributed by atoms with Crippen LogP contribution in [0, 0.1) is 22.7 Å². The largest absolute Gasteiger partial charge is 0.329 e. The molecule has 0 aliphatic carbocycles. The average molecular weight is 150 g/mol. The molecule has 0 saturated heterocycles. The van der Waals surface area contributed by atoms with Gasteiger partial charge in [-0.05, 0) is 0 Å². The predicted octanol–water partition coefficient (Wildman–Crippen LogP) is 0.206. The number of hydrogen-bond donors (Lipinski definition) is 2. The SMILES string of the molecule is N#CC1=C(C#N)NC(=CF)N1. The molecule has 1 aliphatic heterocycles. The molecule has 2 N–H and O–H groups in total. The lowest BCUT2D eigenvalue weighted by Gasteiger charge is -1.93. The fourth-order valence-electron chi connectivity index (χ4n) is 0.648. The van der Waals surface area contributed by atoms with Crippen LogP contribution < -0.4 is 10.6 Å². The number of nitrogens with zero attached hydrogens (tertiary/aromatic N) is 2. The molecule has 5 heteroatoms. The fourth-order valence-corrected chi connectivity index (χ4v) is 0.648. The Morgan fingerprint density at radius 2 is 1.64 bits per heavy atom. The molecule has 0 radical (unpaired) electrons. The molecule has 0 saturated carbocycles. The van der Waals surface area contributed by atoms with Gasteiger partial charge in [0.15, 0.2) is 11.4 Å². The summed E-state index contributed by atoms with van der Waals surface area (Å²) >= 11 is 0. The van der Waals surface area contributed by atoms with Gasteiger partial charge in [-0.15, -0.1) is 0 Å². The van der Waals surface area contributed by atoms with Crippen LogP contribution in [-0.2, 0) is 0 Å². The zero-order chi connectivity index (χ0) is 8.27. The van der Waals surface area contributed by atoms with Crippen LogP contribution in [-0.4, -0.2) is 0 Å². The van der Waals surface area contributed by atoms with Crippen molar-refractivity contribution in [2.24, 2.45) is 0 Å². The van der Waals surface area contributed by atoms with E-state index in [1.165, 1.54) is 0 Å². The van der Waals surface area contributed by atoms with Gasteiger partial charge < -0.3 is 10.6 Å². The summed E-state index contributed by atoms with van der Waals surface area (Å²) in [5, 5.41) is 21.5. The van der Waals surface area contributed by atoms with Gasteiger partial charge in [-0.25, -0.2) is 4.39 Å². The third kappa shape index (κ3) is 1.12. The van der Waals surface area contributed by atoms with E-state index in [1.807, 2.05) is 0 Å². The second-order valence-electron chi connectivity index (χ2n) is 1.75. The minimum atomic E-state index is 0.0121. The van der Waals surface area contributed by atoms with Crippen LogP contribution in [0.25, 0.3) is 0 Å². The van der Waals surface area contributed by atoms with E-state index >= 15 is 0 Å². The van der Waals surface area contributed by atoms with E-state index in [2.05, 4.69) is 10.6 Å². The lowest BCUT2D eigenvalue weighted by atomic mass is 10.4. The second-order valence-corrected chi connectivity index (χ2v) is 1.75. The first-order chi connectivity index (χ1) is 5.31. The molecule has 1 heterocycles. The Hall–Kier alpha value is -2.01. The lowest BCUT2D eigenvalue weighted by Crippen LogP contribution is -2.11. The normalized spacial score (nSPS) is 14.6. The summed E-state index contributed by atoms with van der Waals surface area (Å²) in [5.41, 5.74) is 0.0767. The minimum Gasteiger partial charge on any atom is -0.329 e. The zero-order valence-electron chi connectivity index (χ0n) is 5.35.